The van der Waals surface area contributed by atoms with Crippen LogP contribution >= 0.6 is 0 Å². The van der Waals surface area contributed by atoms with Gasteiger partial charge in [0.2, 0.25) is 5.91 Å². The minimum atomic E-state index is -0.905. The van der Waals surface area contributed by atoms with Crippen molar-refractivity contribution in [3.05, 3.63) is 29.8 Å². The van der Waals surface area contributed by atoms with E-state index in [-0.39, 0.29) is 30.8 Å². The first-order chi connectivity index (χ1) is 10.0. The van der Waals surface area contributed by atoms with E-state index in [2.05, 4.69) is 0 Å². The van der Waals surface area contributed by atoms with E-state index in [9.17, 15) is 9.59 Å². The Hall–Kier alpha value is -1.88. The molecule has 0 aliphatic heterocycles. The molecule has 2 atom stereocenters. The van der Waals surface area contributed by atoms with Crippen molar-refractivity contribution < 1.29 is 14.7 Å². The molecule has 2 rings (SSSR count). The third-order valence-electron chi connectivity index (χ3n) is 4.11. The van der Waals surface area contributed by atoms with Crippen LogP contribution in [0.5, 0.6) is 0 Å². The molecule has 21 heavy (non-hydrogen) atoms. The first-order valence-corrected chi connectivity index (χ1v) is 7.35. The van der Waals surface area contributed by atoms with Gasteiger partial charge in [-0.3, -0.25) is 9.59 Å². The van der Waals surface area contributed by atoms with Gasteiger partial charge in [0.25, 0.3) is 0 Å². The van der Waals surface area contributed by atoms with Crippen LogP contribution in [0.1, 0.15) is 31.2 Å². The molecule has 0 bridgehead atoms. The van der Waals surface area contributed by atoms with Gasteiger partial charge in [0.05, 0.1) is 12.3 Å². The molecule has 1 aromatic rings. The number of carboxylic acids is 1. The van der Waals surface area contributed by atoms with Gasteiger partial charge in [-0.1, -0.05) is 24.6 Å². The van der Waals surface area contributed by atoms with Gasteiger partial charge in [0.15, 0.2) is 0 Å². The SMILES string of the molecule is Cc1ccccc1N(CCC(=O)O)C(=O)C1CCCC1N. The third-order valence-corrected chi connectivity index (χ3v) is 4.11. The molecular formula is C16H22N2O3. The van der Waals surface area contributed by atoms with Gasteiger partial charge in [-0.05, 0) is 31.4 Å². The molecule has 5 nitrogen and oxygen atoms in total. The zero-order chi connectivity index (χ0) is 15.4. The summed E-state index contributed by atoms with van der Waals surface area (Å²) in [6.07, 6.45) is 2.53. The fraction of sp³-hybridized carbons (Fsp3) is 0.500. The summed E-state index contributed by atoms with van der Waals surface area (Å²) in [7, 11) is 0. The van der Waals surface area contributed by atoms with Crippen molar-refractivity contribution in [2.24, 2.45) is 11.7 Å². The molecule has 0 heterocycles. The summed E-state index contributed by atoms with van der Waals surface area (Å²) in [6.45, 7) is 2.10. The number of carbonyl (C=O) groups is 2. The number of hydrogen-bond acceptors (Lipinski definition) is 3. The van der Waals surface area contributed by atoms with Crippen LogP contribution < -0.4 is 10.6 Å². The van der Waals surface area contributed by atoms with Crippen LogP contribution in [-0.4, -0.2) is 29.6 Å². The summed E-state index contributed by atoms with van der Waals surface area (Å²) in [6, 6.07) is 7.42. The fourth-order valence-corrected chi connectivity index (χ4v) is 2.92. The number of aliphatic carboxylic acids is 1. The summed E-state index contributed by atoms with van der Waals surface area (Å²) in [5.74, 6) is -1.15. The predicted octanol–water partition coefficient (Wildman–Crippen LogP) is 1.93. The highest BCUT2D eigenvalue weighted by Gasteiger charge is 2.34. The second-order valence-electron chi connectivity index (χ2n) is 5.62. The highest BCUT2D eigenvalue weighted by atomic mass is 16.4. The summed E-state index contributed by atoms with van der Waals surface area (Å²) in [4.78, 5) is 25.2. The van der Waals surface area contributed by atoms with E-state index in [0.717, 1.165) is 30.5 Å². The smallest absolute Gasteiger partial charge is 0.305 e. The normalized spacial score (nSPS) is 21.2. The average molecular weight is 290 g/mol. The molecule has 1 aliphatic rings. The fourth-order valence-electron chi connectivity index (χ4n) is 2.92. The Morgan fingerprint density at radius 2 is 2.05 bits per heavy atom. The molecule has 1 aromatic carbocycles. The van der Waals surface area contributed by atoms with E-state index in [0.29, 0.717) is 0 Å². The molecule has 1 saturated carbocycles. The molecule has 2 unspecified atom stereocenters. The summed E-state index contributed by atoms with van der Waals surface area (Å²) in [5.41, 5.74) is 7.77. The summed E-state index contributed by atoms with van der Waals surface area (Å²) < 4.78 is 0. The van der Waals surface area contributed by atoms with Crippen LogP contribution in [0.25, 0.3) is 0 Å². The number of hydrogen-bond donors (Lipinski definition) is 2. The molecule has 0 saturated heterocycles. The highest BCUT2D eigenvalue weighted by Crippen LogP contribution is 2.29. The Bertz CT molecular complexity index is 530. The van der Waals surface area contributed by atoms with Gasteiger partial charge < -0.3 is 15.7 Å². The van der Waals surface area contributed by atoms with Crippen LogP contribution in [0, 0.1) is 12.8 Å². The first kappa shape index (κ1) is 15.5. The lowest BCUT2D eigenvalue weighted by Crippen LogP contribution is -2.43. The van der Waals surface area contributed by atoms with Crippen molar-refractivity contribution in [2.45, 2.75) is 38.6 Å². The summed E-state index contributed by atoms with van der Waals surface area (Å²) in [5, 5.41) is 8.92. The van der Waals surface area contributed by atoms with Gasteiger partial charge in [-0.2, -0.15) is 0 Å². The van der Waals surface area contributed by atoms with Gasteiger partial charge >= 0.3 is 5.97 Å². The van der Waals surface area contributed by atoms with Crippen molar-refractivity contribution in [2.75, 3.05) is 11.4 Å². The Morgan fingerprint density at radius 1 is 1.33 bits per heavy atom. The Balaban J connectivity index is 2.25. The van der Waals surface area contributed by atoms with E-state index in [1.54, 1.807) is 4.90 Å². The van der Waals surface area contributed by atoms with Crippen molar-refractivity contribution in [3.63, 3.8) is 0 Å². The number of anilines is 1. The number of nitrogens with zero attached hydrogens (tertiary/aromatic N) is 1. The van der Waals surface area contributed by atoms with E-state index in [4.69, 9.17) is 10.8 Å². The number of amides is 1. The van der Waals surface area contributed by atoms with E-state index in [1.165, 1.54) is 0 Å². The molecule has 1 aliphatic carbocycles. The molecule has 0 radical (unpaired) electrons. The Morgan fingerprint density at radius 3 is 2.62 bits per heavy atom. The number of aryl methyl sites for hydroxylation is 1. The maximum Gasteiger partial charge on any atom is 0.305 e. The van der Waals surface area contributed by atoms with Crippen LogP contribution in [0.2, 0.25) is 0 Å². The van der Waals surface area contributed by atoms with Crippen molar-refractivity contribution >= 4 is 17.6 Å². The van der Waals surface area contributed by atoms with Crippen LogP contribution in [-0.2, 0) is 9.59 Å². The number of rotatable bonds is 5. The van der Waals surface area contributed by atoms with Crippen molar-refractivity contribution in [3.8, 4) is 0 Å². The molecule has 3 N–H and O–H groups in total. The molecule has 1 fully saturated rings. The zero-order valence-corrected chi connectivity index (χ0v) is 12.3. The van der Waals surface area contributed by atoms with Crippen molar-refractivity contribution in [1.82, 2.24) is 0 Å². The maximum atomic E-state index is 12.8. The molecule has 0 aromatic heterocycles. The number of benzene rings is 1. The lowest BCUT2D eigenvalue weighted by atomic mass is 10.0. The predicted molar refractivity (Wildman–Crippen MR) is 81.1 cm³/mol. The molecular weight excluding hydrogens is 268 g/mol. The average Bonchev–Trinajstić information content (AvgIpc) is 2.86. The molecule has 114 valence electrons. The monoisotopic (exact) mass is 290 g/mol. The minimum Gasteiger partial charge on any atom is -0.481 e. The molecule has 1 amide bonds. The second kappa shape index (κ2) is 6.72. The Labute approximate surface area is 124 Å². The third kappa shape index (κ3) is 3.61. The van der Waals surface area contributed by atoms with Gasteiger partial charge in [0.1, 0.15) is 0 Å². The minimum absolute atomic E-state index is 0.0458. The van der Waals surface area contributed by atoms with Crippen LogP contribution in [0.15, 0.2) is 24.3 Å². The second-order valence-corrected chi connectivity index (χ2v) is 5.62. The standard InChI is InChI=1S/C16H22N2O3/c1-11-5-2-3-8-14(11)18(10-9-15(19)20)16(21)12-6-4-7-13(12)17/h2-3,5,8,12-13H,4,6-7,9-10,17H2,1H3,(H,19,20). The number of carboxylic acid groups (broad SMARTS) is 1. The van der Waals surface area contributed by atoms with Gasteiger partial charge in [0, 0.05) is 18.3 Å². The Kier molecular flexibility index (Phi) is 4.96. The zero-order valence-electron chi connectivity index (χ0n) is 12.3. The topological polar surface area (TPSA) is 83.6 Å². The largest absolute Gasteiger partial charge is 0.481 e. The lowest BCUT2D eigenvalue weighted by molar-refractivity contribution is -0.136. The maximum absolute atomic E-state index is 12.8. The lowest BCUT2D eigenvalue weighted by Gasteiger charge is -2.28. The van der Waals surface area contributed by atoms with E-state index < -0.39 is 5.97 Å². The van der Waals surface area contributed by atoms with Crippen LogP contribution in [0.3, 0.4) is 0 Å². The molecule has 5 heteroatoms. The van der Waals surface area contributed by atoms with E-state index >= 15 is 0 Å². The first-order valence-electron chi connectivity index (χ1n) is 7.35. The quantitative estimate of drug-likeness (QED) is 0.868. The number of carbonyl (C=O) groups excluding carboxylic acids is 1. The highest BCUT2D eigenvalue weighted by molar-refractivity contribution is 5.96. The van der Waals surface area contributed by atoms with Crippen LogP contribution in [0.4, 0.5) is 5.69 Å². The van der Waals surface area contributed by atoms with Gasteiger partial charge in [-0.25, -0.2) is 0 Å². The molecule has 0 spiro atoms. The number of para-hydroxylation sites is 1. The summed E-state index contributed by atoms with van der Waals surface area (Å²) >= 11 is 0. The van der Waals surface area contributed by atoms with E-state index in [1.807, 2.05) is 31.2 Å². The number of nitrogens with two attached hydrogens (primary N) is 1. The van der Waals surface area contributed by atoms with Crippen molar-refractivity contribution in [1.29, 1.82) is 0 Å². The van der Waals surface area contributed by atoms with Gasteiger partial charge in [-0.15, -0.1) is 0 Å².